The van der Waals surface area contributed by atoms with Crippen LogP contribution in [0.2, 0.25) is 0 Å². The molecule has 1 N–H and O–H groups in total. The Morgan fingerprint density at radius 2 is 1.90 bits per heavy atom. The largest absolute Gasteiger partial charge is 0.497 e. The fourth-order valence-electron chi connectivity index (χ4n) is 1.71. The van der Waals surface area contributed by atoms with Crippen molar-refractivity contribution in [3.05, 3.63) is 30.2 Å². The van der Waals surface area contributed by atoms with Gasteiger partial charge < -0.3 is 14.6 Å². The van der Waals surface area contributed by atoms with Gasteiger partial charge in [-0.1, -0.05) is 19.0 Å². The first kappa shape index (κ1) is 15.0. The van der Waals surface area contributed by atoms with Crippen LogP contribution in [0.4, 0.5) is 0 Å². The highest BCUT2D eigenvalue weighted by atomic mass is 16.5. The predicted octanol–water partition coefficient (Wildman–Crippen LogP) is 2.58. The van der Waals surface area contributed by atoms with Crippen molar-refractivity contribution >= 4 is 5.91 Å². The molecule has 0 aliphatic rings. The van der Waals surface area contributed by atoms with E-state index >= 15 is 0 Å². The highest BCUT2D eigenvalue weighted by molar-refractivity contribution is 5.78. The lowest BCUT2D eigenvalue weighted by molar-refractivity contribution is -0.124. The Balaban J connectivity index is 2.11. The topological polar surface area (TPSA) is 77.3 Å². The molecule has 0 radical (unpaired) electrons. The fraction of sp³-hybridized carbons (Fsp3) is 0.400. The van der Waals surface area contributed by atoms with Crippen LogP contribution in [0.5, 0.6) is 5.75 Å². The van der Waals surface area contributed by atoms with Crippen molar-refractivity contribution in [3.8, 4) is 17.1 Å². The molecular formula is C15H19N3O3. The predicted molar refractivity (Wildman–Crippen MR) is 77.7 cm³/mol. The molecule has 2 rings (SSSR count). The number of methoxy groups -OCH3 is 1. The molecule has 6 heteroatoms. The Bertz CT molecular complexity index is 605. The molecule has 112 valence electrons. The number of nitrogens with zero attached hydrogens (tertiary/aromatic N) is 2. The molecule has 0 aliphatic carbocycles. The smallest absolute Gasteiger partial charge is 0.249 e. The standard InChI is InChI=1S/C15H19N3O3/c1-9(2)14(19)16-10(3)15-17-13(18-21-15)11-5-7-12(20-4)8-6-11/h5-10H,1-4H3,(H,16,19). The van der Waals surface area contributed by atoms with E-state index in [1.807, 2.05) is 45.0 Å². The highest BCUT2D eigenvalue weighted by Crippen LogP contribution is 2.21. The molecule has 6 nitrogen and oxygen atoms in total. The summed E-state index contributed by atoms with van der Waals surface area (Å²) in [5.74, 6) is 1.50. The number of hydrogen-bond acceptors (Lipinski definition) is 5. The first-order valence-electron chi connectivity index (χ1n) is 6.79. The van der Waals surface area contributed by atoms with Crippen molar-refractivity contribution in [2.75, 3.05) is 7.11 Å². The molecule has 0 fully saturated rings. The quantitative estimate of drug-likeness (QED) is 0.915. The van der Waals surface area contributed by atoms with Crippen molar-refractivity contribution in [3.63, 3.8) is 0 Å². The van der Waals surface area contributed by atoms with Crippen molar-refractivity contribution in [1.82, 2.24) is 15.5 Å². The third-order valence-electron chi connectivity index (χ3n) is 3.04. The number of nitrogens with one attached hydrogen (secondary N) is 1. The van der Waals surface area contributed by atoms with Crippen molar-refractivity contribution < 1.29 is 14.1 Å². The van der Waals surface area contributed by atoms with E-state index in [0.717, 1.165) is 11.3 Å². The van der Waals surface area contributed by atoms with Crippen molar-refractivity contribution in [2.24, 2.45) is 5.92 Å². The number of amides is 1. The summed E-state index contributed by atoms with van der Waals surface area (Å²) >= 11 is 0. The lowest BCUT2D eigenvalue weighted by Gasteiger charge is -2.11. The molecule has 0 saturated heterocycles. The van der Waals surface area contributed by atoms with Gasteiger partial charge in [0.25, 0.3) is 0 Å². The molecule has 21 heavy (non-hydrogen) atoms. The number of aromatic nitrogens is 2. The van der Waals surface area contributed by atoms with Gasteiger partial charge in [0.05, 0.1) is 7.11 Å². The van der Waals surface area contributed by atoms with E-state index in [2.05, 4.69) is 15.5 Å². The number of carbonyl (C=O) groups is 1. The van der Waals surface area contributed by atoms with E-state index in [4.69, 9.17) is 9.26 Å². The maximum Gasteiger partial charge on any atom is 0.249 e. The third-order valence-corrected chi connectivity index (χ3v) is 3.04. The molecule has 0 bridgehead atoms. The van der Waals surface area contributed by atoms with Crippen molar-refractivity contribution in [2.45, 2.75) is 26.8 Å². The summed E-state index contributed by atoms with van der Waals surface area (Å²) in [6.07, 6.45) is 0. The molecule has 1 amide bonds. The van der Waals surface area contributed by atoms with Crippen LogP contribution < -0.4 is 10.1 Å². The minimum atomic E-state index is -0.320. The summed E-state index contributed by atoms with van der Waals surface area (Å²) in [4.78, 5) is 16.0. The minimum absolute atomic E-state index is 0.0494. The summed E-state index contributed by atoms with van der Waals surface area (Å²) < 4.78 is 10.3. The Labute approximate surface area is 123 Å². The molecule has 0 aliphatic heterocycles. The molecule has 0 saturated carbocycles. The minimum Gasteiger partial charge on any atom is -0.497 e. The monoisotopic (exact) mass is 289 g/mol. The van der Waals surface area contributed by atoms with Gasteiger partial charge in [-0.15, -0.1) is 0 Å². The average molecular weight is 289 g/mol. The molecular weight excluding hydrogens is 270 g/mol. The van der Waals surface area contributed by atoms with E-state index in [1.54, 1.807) is 7.11 Å². The van der Waals surface area contributed by atoms with Gasteiger partial charge >= 0.3 is 0 Å². The summed E-state index contributed by atoms with van der Waals surface area (Å²) in [5.41, 5.74) is 0.827. The van der Waals surface area contributed by atoms with Crippen LogP contribution >= 0.6 is 0 Å². The Morgan fingerprint density at radius 1 is 1.24 bits per heavy atom. The van der Waals surface area contributed by atoms with E-state index < -0.39 is 0 Å². The van der Waals surface area contributed by atoms with Crippen LogP contribution in [0, 0.1) is 5.92 Å². The molecule has 1 atom stereocenters. The highest BCUT2D eigenvalue weighted by Gasteiger charge is 2.18. The van der Waals surface area contributed by atoms with Gasteiger partial charge in [-0.2, -0.15) is 4.98 Å². The van der Waals surface area contributed by atoms with Crippen LogP contribution in [0.3, 0.4) is 0 Å². The van der Waals surface area contributed by atoms with E-state index in [-0.39, 0.29) is 17.9 Å². The number of rotatable bonds is 5. The van der Waals surface area contributed by atoms with Crippen LogP contribution in [0.15, 0.2) is 28.8 Å². The lowest BCUT2D eigenvalue weighted by atomic mass is 10.2. The first-order valence-corrected chi connectivity index (χ1v) is 6.79. The number of carbonyl (C=O) groups excluding carboxylic acids is 1. The van der Waals surface area contributed by atoms with Gasteiger partial charge in [0.1, 0.15) is 11.8 Å². The van der Waals surface area contributed by atoms with Crippen LogP contribution in [-0.4, -0.2) is 23.2 Å². The number of benzene rings is 1. The van der Waals surface area contributed by atoms with E-state index in [9.17, 15) is 4.79 Å². The zero-order valence-corrected chi connectivity index (χ0v) is 12.6. The van der Waals surface area contributed by atoms with Gasteiger partial charge in [-0.25, -0.2) is 0 Å². The summed E-state index contributed by atoms with van der Waals surface area (Å²) in [5, 5.41) is 6.76. The third kappa shape index (κ3) is 3.59. The zero-order valence-electron chi connectivity index (χ0n) is 12.6. The number of hydrogen-bond donors (Lipinski definition) is 1. The van der Waals surface area contributed by atoms with Gasteiger partial charge in [0.15, 0.2) is 0 Å². The number of ether oxygens (including phenoxy) is 1. The first-order chi connectivity index (χ1) is 10.0. The summed E-state index contributed by atoms with van der Waals surface area (Å²) in [6.45, 7) is 5.48. The molecule has 1 aromatic heterocycles. The molecule has 0 spiro atoms. The van der Waals surface area contributed by atoms with Gasteiger partial charge in [0, 0.05) is 11.5 Å². The summed E-state index contributed by atoms with van der Waals surface area (Å²) in [6, 6.07) is 7.04. The lowest BCUT2D eigenvalue weighted by Crippen LogP contribution is -2.30. The molecule has 2 aromatic rings. The van der Waals surface area contributed by atoms with E-state index in [0.29, 0.717) is 11.7 Å². The van der Waals surface area contributed by atoms with Gasteiger partial charge in [-0.05, 0) is 31.2 Å². The normalized spacial score (nSPS) is 12.2. The van der Waals surface area contributed by atoms with Crippen molar-refractivity contribution in [1.29, 1.82) is 0 Å². The maximum absolute atomic E-state index is 11.7. The molecule has 1 aromatic carbocycles. The van der Waals surface area contributed by atoms with Crippen LogP contribution in [0.1, 0.15) is 32.7 Å². The Morgan fingerprint density at radius 3 is 2.48 bits per heavy atom. The SMILES string of the molecule is COc1ccc(-c2noc(C(C)NC(=O)C(C)C)n2)cc1. The average Bonchev–Trinajstić information content (AvgIpc) is 2.97. The Hall–Kier alpha value is -2.37. The fourth-order valence-corrected chi connectivity index (χ4v) is 1.71. The van der Waals surface area contributed by atoms with Crippen LogP contribution in [-0.2, 0) is 4.79 Å². The molecule has 1 unspecified atom stereocenters. The van der Waals surface area contributed by atoms with E-state index in [1.165, 1.54) is 0 Å². The maximum atomic E-state index is 11.7. The van der Waals surface area contributed by atoms with Gasteiger partial charge in [-0.3, -0.25) is 4.79 Å². The van der Waals surface area contributed by atoms with Crippen LogP contribution in [0.25, 0.3) is 11.4 Å². The molecule has 1 heterocycles. The van der Waals surface area contributed by atoms with Gasteiger partial charge in [0.2, 0.25) is 17.6 Å². The second kappa shape index (κ2) is 6.39. The Kier molecular flexibility index (Phi) is 4.57. The summed E-state index contributed by atoms with van der Waals surface area (Å²) in [7, 11) is 1.61. The zero-order chi connectivity index (χ0) is 15.4. The second-order valence-corrected chi connectivity index (χ2v) is 5.07. The second-order valence-electron chi connectivity index (χ2n) is 5.07.